The highest BCUT2D eigenvalue weighted by Gasteiger charge is 2.37. The van der Waals surface area contributed by atoms with Crippen molar-refractivity contribution in [1.82, 2.24) is 10.2 Å². The molecule has 3 nitrogen and oxygen atoms in total. The van der Waals surface area contributed by atoms with Gasteiger partial charge in [-0.25, -0.2) is 0 Å². The average molecular weight is 290 g/mol. The van der Waals surface area contributed by atoms with Gasteiger partial charge in [0.1, 0.15) is 0 Å². The van der Waals surface area contributed by atoms with E-state index >= 15 is 0 Å². The van der Waals surface area contributed by atoms with Gasteiger partial charge in [-0.1, -0.05) is 24.3 Å². The van der Waals surface area contributed by atoms with Crippen LogP contribution in [0.5, 0.6) is 0 Å². The van der Waals surface area contributed by atoms with E-state index in [0.717, 1.165) is 32.6 Å². The molecule has 0 saturated carbocycles. The van der Waals surface area contributed by atoms with E-state index in [0.29, 0.717) is 0 Å². The largest absolute Gasteiger partial charge is 0.367 e. The SMILES string of the molecule is CNCCc1ccccc1CN1CC(C)(C)OC(C)(C)C1. The van der Waals surface area contributed by atoms with Gasteiger partial charge in [-0.05, 0) is 58.8 Å². The van der Waals surface area contributed by atoms with E-state index in [1.54, 1.807) is 0 Å². The van der Waals surface area contributed by atoms with Gasteiger partial charge >= 0.3 is 0 Å². The maximum absolute atomic E-state index is 6.17. The molecule has 0 aliphatic carbocycles. The zero-order valence-electron chi connectivity index (χ0n) is 14.2. The zero-order chi connectivity index (χ0) is 15.5. The molecule has 0 spiro atoms. The Hall–Kier alpha value is -0.900. The van der Waals surface area contributed by atoms with Crippen LogP contribution in [0.1, 0.15) is 38.8 Å². The first-order valence-corrected chi connectivity index (χ1v) is 7.95. The standard InChI is InChI=1S/C18H30N2O/c1-17(2)13-20(14-18(3,4)21-17)12-16-9-7-6-8-15(16)10-11-19-5/h6-9,19H,10-14H2,1-5H3. The topological polar surface area (TPSA) is 24.5 Å². The lowest BCUT2D eigenvalue weighted by Gasteiger charge is -2.47. The molecule has 0 atom stereocenters. The van der Waals surface area contributed by atoms with E-state index in [-0.39, 0.29) is 11.2 Å². The molecule has 3 heteroatoms. The normalized spacial score (nSPS) is 21.4. The molecule has 0 unspecified atom stereocenters. The van der Waals surface area contributed by atoms with E-state index < -0.39 is 0 Å². The molecule has 0 bridgehead atoms. The summed E-state index contributed by atoms with van der Waals surface area (Å²) in [4.78, 5) is 2.53. The van der Waals surface area contributed by atoms with Crippen molar-refractivity contribution in [1.29, 1.82) is 0 Å². The molecular weight excluding hydrogens is 260 g/mol. The van der Waals surface area contributed by atoms with Crippen LogP contribution >= 0.6 is 0 Å². The summed E-state index contributed by atoms with van der Waals surface area (Å²) in [6, 6.07) is 8.81. The van der Waals surface area contributed by atoms with Crippen molar-refractivity contribution in [2.24, 2.45) is 0 Å². The van der Waals surface area contributed by atoms with Crippen LogP contribution in [-0.4, -0.2) is 42.8 Å². The van der Waals surface area contributed by atoms with E-state index in [1.807, 2.05) is 7.05 Å². The van der Waals surface area contributed by atoms with Crippen LogP contribution in [0.25, 0.3) is 0 Å². The Morgan fingerprint density at radius 1 is 1.05 bits per heavy atom. The van der Waals surface area contributed by atoms with Crippen molar-refractivity contribution in [2.45, 2.75) is 51.9 Å². The molecule has 1 aliphatic heterocycles. The second-order valence-corrected chi connectivity index (χ2v) is 7.39. The molecule has 1 fully saturated rings. The van der Waals surface area contributed by atoms with Gasteiger partial charge in [-0.3, -0.25) is 4.90 Å². The van der Waals surface area contributed by atoms with Crippen LogP contribution < -0.4 is 5.32 Å². The van der Waals surface area contributed by atoms with E-state index in [1.165, 1.54) is 11.1 Å². The second-order valence-electron chi connectivity index (χ2n) is 7.39. The Kier molecular flexibility index (Phi) is 5.07. The van der Waals surface area contributed by atoms with Gasteiger partial charge in [0, 0.05) is 19.6 Å². The van der Waals surface area contributed by atoms with Gasteiger partial charge in [0.05, 0.1) is 11.2 Å². The molecule has 0 amide bonds. The lowest BCUT2D eigenvalue weighted by molar-refractivity contribution is -0.182. The fraction of sp³-hybridized carbons (Fsp3) is 0.667. The highest BCUT2D eigenvalue weighted by Crippen LogP contribution is 2.29. The Morgan fingerprint density at radius 2 is 1.62 bits per heavy atom. The van der Waals surface area contributed by atoms with Crippen LogP contribution in [0.2, 0.25) is 0 Å². The van der Waals surface area contributed by atoms with Crippen molar-refractivity contribution in [3.8, 4) is 0 Å². The number of nitrogens with one attached hydrogen (secondary N) is 1. The highest BCUT2D eigenvalue weighted by atomic mass is 16.5. The zero-order valence-corrected chi connectivity index (χ0v) is 14.2. The number of nitrogens with zero attached hydrogens (tertiary/aromatic N) is 1. The molecule has 21 heavy (non-hydrogen) atoms. The predicted octanol–water partition coefficient (Wildman–Crippen LogP) is 2.84. The fourth-order valence-corrected chi connectivity index (χ4v) is 3.51. The summed E-state index contributed by atoms with van der Waals surface area (Å²) in [6.45, 7) is 12.8. The molecular formula is C18H30N2O. The van der Waals surface area contributed by atoms with Crippen molar-refractivity contribution >= 4 is 0 Å². The van der Waals surface area contributed by atoms with Crippen LogP contribution in [0.15, 0.2) is 24.3 Å². The van der Waals surface area contributed by atoms with E-state index in [2.05, 4.69) is 62.2 Å². The molecule has 1 heterocycles. The van der Waals surface area contributed by atoms with Gasteiger partial charge in [-0.2, -0.15) is 0 Å². The van der Waals surface area contributed by atoms with E-state index in [9.17, 15) is 0 Å². The maximum atomic E-state index is 6.17. The van der Waals surface area contributed by atoms with Crippen LogP contribution in [0.3, 0.4) is 0 Å². The number of morpholine rings is 1. The Bertz CT molecular complexity index is 452. The Labute approximate surface area is 129 Å². The third-order valence-electron chi connectivity index (χ3n) is 3.92. The summed E-state index contributed by atoms with van der Waals surface area (Å²) in [5.41, 5.74) is 2.73. The van der Waals surface area contributed by atoms with Gasteiger partial charge in [0.2, 0.25) is 0 Å². The number of hydrogen-bond donors (Lipinski definition) is 1. The van der Waals surface area contributed by atoms with Crippen molar-refractivity contribution in [2.75, 3.05) is 26.7 Å². The minimum Gasteiger partial charge on any atom is -0.367 e. The number of hydrogen-bond acceptors (Lipinski definition) is 3. The first-order valence-electron chi connectivity index (χ1n) is 7.95. The number of ether oxygens (including phenoxy) is 1. The van der Waals surface area contributed by atoms with Gasteiger partial charge in [0.25, 0.3) is 0 Å². The van der Waals surface area contributed by atoms with Crippen LogP contribution in [0, 0.1) is 0 Å². The minimum absolute atomic E-state index is 0.0817. The first-order chi connectivity index (χ1) is 9.81. The molecule has 0 aromatic heterocycles. The number of benzene rings is 1. The molecule has 0 radical (unpaired) electrons. The molecule has 1 aliphatic rings. The third kappa shape index (κ3) is 4.80. The minimum atomic E-state index is -0.0817. The van der Waals surface area contributed by atoms with Crippen molar-refractivity contribution in [3.63, 3.8) is 0 Å². The third-order valence-corrected chi connectivity index (χ3v) is 3.92. The maximum Gasteiger partial charge on any atom is 0.0760 e. The molecule has 1 aromatic carbocycles. The monoisotopic (exact) mass is 290 g/mol. The molecule has 1 N–H and O–H groups in total. The average Bonchev–Trinajstić information content (AvgIpc) is 2.34. The predicted molar refractivity (Wildman–Crippen MR) is 88.6 cm³/mol. The van der Waals surface area contributed by atoms with Crippen molar-refractivity contribution < 1.29 is 4.74 Å². The highest BCUT2D eigenvalue weighted by molar-refractivity contribution is 5.27. The van der Waals surface area contributed by atoms with Crippen LogP contribution in [-0.2, 0) is 17.7 Å². The summed E-state index contributed by atoms with van der Waals surface area (Å²) >= 11 is 0. The Morgan fingerprint density at radius 3 is 2.19 bits per heavy atom. The van der Waals surface area contributed by atoms with Crippen LogP contribution in [0.4, 0.5) is 0 Å². The van der Waals surface area contributed by atoms with Gasteiger partial charge in [0.15, 0.2) is 0 Å². The van der Waals surface area contributed by atoms with E-state index in [4.69, 9.17) is 4.74 Å². The second kappa shape index (κ2) is 6.47. The summed E-state index contributed by atoms with van der Waals surface area (Å²) in [5, 5.41) is 3.24. The number of rotatable bonds is 5. The molecule has 1 aromatic rings. The lowest BCUT2D eigenvalue weighted by atomic mass is 9.97. The summed E-state index contributed by atoms with van der Waals surface area (Å²) in [6.07, 6.45) is 1.09. The quantitative estimate of drug-likeness (QED) is 0.902. The van der Waals surface area contributed by atoms with Gasteiger partial charge < -0.3 is 10.1 Å². The van der Waals surface area contributed by atoms with Crippen molar-refractivity contribution in [3.05, 3.63) is 35.4 Å². The molecule has 118 valence electrons. The summed E-state index contributed by atoms with van der Waals surface area (Å²) < 4.78 is 6.17. The number of likely N-dealkylation sites (N-methyl/N-ethyl adjacent to an activating group) is 1. The lowest BCUT2D eigenvalue weighted by Crippen LogP contribution is -2.56. The Balaban J connectivity index is 2.10. The fourth-order valence-electron chi connectivity index (χ4n) is 3.51. The summed E-state index contributed by atoms with van der Waals surface area (Å²) in [5.74, 6) is 0. The molecule has 2 rings (SSSR count). The van der Waals surface area contributed by atoms with Gasteiger partial charge in [-0.15, -0.1) is 0 Å². The summed E-state index contributed by atoms with van der Waals surface area (Å²) in [7, 11) is 2.01. The first kappa shape index (κ1) is 16.5. The molecule has 1 saturated heterocycles. The smallest absolute Gasteiger partial charge is 0.0760 e.